The van der Waals surface area contributed by atoms with E-state index < -0.39 is 5.60 Å². The molecule has 2 unspecified atom stereocenters. The smallest absolute Gasteiger partial charge is 0.410 e. The van der Waals surface area contributed by atoms with Crippen LogP contribution in [-0.2, 0) is 16.5 Å². The van der Waals surface area contributed by atoms with E-state index in [0.29, 0.717) is 35.2 Å². The summed E-state index contributed by atoms with van der Waals surface area (Å²) in [5.41, 5.74) is 3.21. The van der Waals surface area contributed by atoms with E-state index in [9.17, 15) is 9.59 Å². The zero-order chi connectivity index (χ0) is 29.6. The van der Waals surface area contributed by atoms with Gasteiger partial charge in [0.2, 0.25) is 0 Å². The number of amides is 1. The SMILES string of the molecule is COCOc1c(-c2ccc3c(=O)n(C4CC(C)N(C(=O)OC(C)(C)C)C(C)C4)ccc3n2)cc2cn(C)nc2c1C. The van der Waals surface area contributed by atoms with Gasteiger partial charge in [-0.15, -0.1) is 0 Å². The number of pyridine rings is 2. The fourth-order valence-electron chi connectivity index (χ4n) is 5.95. The van der Waals surface area contributed by atoms with Crippen molar-refractivity contribution >= 4 is 27.9 Å². The third kappa shape index (κ3) is 5.53. The van der Waals surface area contributed by atoms with Gasteiger partial charge in [-0.2, -0.15) is 5.10 Å². The largest absolute Gasteiger partial charge is 0.466 e. The number of ether oxygens (including phenoxy) is 3. The number of fused-ring (bicyclic) bond motifs is 2. The topological polar surface area (TPSA) is 101 Å². The van der Waals surface area contributed by atoms with Crippen LogP contribution in [0.1, 0.15) is 59.1 Å². The molecule has 0 spiro atoms. The first-order chi connectivity index (χ1) is 19.4. The molecular weight excluding hydrogens is 522 g/mol. The molecule has 5 rings (SSSR count). The summed E-state index contributed by atoms with van der Waals surface area (Å²) in [5, 5.41) is 6.10. The van der Waals surface area contributed by atoms with Gasteiger partial charge >= 0.3 is 6.09 Å². The molecule has 0 radical (unpaired) electrons. The molecule has 10 heteroatoms. The molecule has 1 aliphatic heterocycles. The van der Waals surface area contributed by atoms with Gasteiger partial charge < -0.3 is 23.7 Å². The van der Waals surface area contributed by atoms with Gasteiger partial charge in [-0.1, -0.05) is 0 Å². The van der Waals surface area contributed by atoms with Crippen LogP contribution >= 0.6 is 0 Å². The van der Waals surface area contributed by atoms with E-state index in [1.54, 1.807) is 21.3 Å². The van der Waals surface area contributed by atoms with Crippen LogP contribution in [0.5, 0.6) is 5.75 Å². The fraction of sp³-hybridized carbons (Fsp3) is 0.484. The highest BCUT2D eigenvalue weighted by Gasteiger charge is 2.37. The number of carbonyl (C=O) groups is 1. The Morgan fingerprint density at radius 2 is 1.83 bits per heavy atom. The maximum atomic E-state index is 13.7. The highest BCUT2D eigenvalue weighted by molar-refractivity contribution is 5.92. The standard InChI is InChI=1S/C31H39N5O5/c1-18-13-22(14-19(2)36(18)30(38)41-31(4,5)6)35-12-11-26-23(29(35)37)9-10-25(32-26)24-15-21-16-34(7)33-27(21)20(3)28(24)40-17-39-8/h9-12,15-16,18-19,22H,13-14,17H2,1-8H3. The second-order valence-electron chi connectivity index (χ2n) is 12.0. The molecule has 3 aromatic heterocycles. The zero-order valence-corrected chi connectivity index (χ0v) is 25.1. The van der Waals surface area contributed by atoms with Crippen LogP contribution in [0.15, 0.2) is 41.5 Å². The molecule has 0 N–H and O–H groups in total. The van der Waals surface area contributed by atoms with Gasteiger partial charge in [-0.05, 0) is 78.6 Å². The molecule has 1 saturated heterocycles. The lowest BCUT2D eigenvalue weighted by Crippen LogP contribution is -2.52. The number of benzene rings is 1. The van der Waals surface area contributed by atoms with E-state index in [1.807, 2.05) is 85.2 Å². The lowest BCUT2D eigenvalue weighted by Gasteiger charge is -2.43. The lowest BCUT2D eigenvalue weighted by atomic mass is 9.92. The van der Waals surface area contributed by atoms with Crippen LogP contribution in [0.4, 0.5) is 4.79 Å². The number of likely N-dealkylation sites (tertiary alicyclic amines) is 1. The second kappa shape index (κ2) is 10.8. The first-order valence-corrected chi connectivity index (χ1v) is 14.0. The minimum Gasteiger partial charge on any atom is -0.466 e. The maximum absolute atomic E-state index is 13.7. The average molecular weight is 562 g/mol. The molecule has 10 nitrogen and oxygen atoms in total. The first kappa shape index (κ1) is 28.6. The Balaban J connectivity index is 1.48. The van der Waals surface area contributed by atoms with Crippen molar-refractivity contribution in [1.82, 2.24) is 24.2 Å². The molecule has 1 aromatic carbocycles. The van der Waals surface area contributed by atoms with Crippen LogP contribution in [0, 0.1) is 6.92 Å². The second-order valence-corrected chi connectivity index (χ2v) is 12.0. The molecule has 0 aliphatic carbocycles. The molecule has 1 fully saturated rings. The van der Waals surface area contributed by atoms with Gasteiger partial charge in [-0.3, -0.25) is 9.48 Å². The van der Waals surface area contributed by atoms with Gasteiger partial charge in [0.25, 0.3) is 5.56 Å². The van der Waals surface area contributed by atoms with Crippen molar-refractivity contribution in [1.29, 1.82) is 0 Å². The van der Waals surface area contributed by atoms with Crippen molar-refractivity contribution in [3.05, 3.63) is 52.6 Å². The summed E-state index contributed by atoms with van der Waals surface area (Å²) >= 11 is 0. The molecular formula is C31H39N5O5. The maximum Gasteiger partial charge on any atom is 0.410 e. The third-order valence-corrected chi connectivity index (χ3v) is 7.65. The summed E-state index contributed by atoms with van der Waals surface area (Å²) in [7, 11) is 3.47. The summed E-state index contributed by atoms with van der Waals surface area (Å²) in [6.45, 7) is 11.7. The Labute approximate surface area is 239 Å². The number of nitrogens with zero attached hydrogens (tertiary/aromatic N) is 5. The molecule has 0 saturated carbocycles. The van der Waals surface area contributed by atoms with E-state index in [0.717, 1.165) is 22.0 Å². The van der Waals surface area contributed by atoms with Crippen LogP contribution in [0.25, 0.3) is 33.1 Å². The lowest BCUT2D eigenvalue weighted by molar-refractivity contribution is -0.00633. The van der Waals surface area contributed by atoms with Crippen LogP contribution < -0.4 is 10.3 Å². The summed E-state index contributed by atoms with van der Waals surface area (Å²) < 4.78 is 20.4. The minimum absolute atomic E-state index is 0.0417. The Bertz CT molecular complexity index is 1660. The highest BCUT2D eigenvalue weighted by atomic mass is 16.7. The summed E-state index contributed by atoms with van der Waals surface area (Å²) in [6.07, 6.45) is 4.79. The Morgan fingerprint density at radius 3 is 2.49 bits per heavy atom. The molecule has 218 valence electrons. The first-order valence-electron chi connectivity index (χ1n) is 14.0. The Hall–Kier alpha value is -3.92. The number of aryl methyl sites for hydroxylation is 2. The van der Waals surface area contributed by atoms with E-state index in [2.05, 4.69) is 5.10 Å². The summed E-state index contributed by atoms with van der Waals surface area (Å²) in [6, 6.07) is 7.41. The Kier molecular flexibility index (Phi) is 7.54. The van der Waals surface area contributed by atoms with Crippen LogP contribution in [-0.4, -0.2) is 61.9 Å². The van der Waals surface area contributed by atoms with Gasteiger partial charge in [-0.25, -0.2) is 9.78 Å². The number of methoxy groups -OCH3 is 1. The highest BCUT2D eigenvalue weighted by Crippen LogP contribution is 2.38. The van der Waals surface area contributed by atoms with Gasteiger partial charge in [0.15, 0.2) is 6.79 Å². The number of rotatable bonds is 5. The van der Waals surface area contributed by atoms with Crippen molar-refractivity contribution in [2.75, 3.05) is 13.9 Å². The molecule has 4 aromatic rings. The van der Waals surface area contributed by atoms with E-state index in [-0.39, 0.29) is 36.6 Å². The van der Waals surface area contributed by atoms with Gasteiger partial charge in [0.1, 0.15) is 11.4 Å². The molecule has 1 amide bonds. The van der Waals surface area contributed by atoms with E-state index in [4.69, 9.17) is 19.2 Å². The molecule has 4 heterocycles. The van der Waals surface area contributed by atoms with Gasteiger partial charge in [0.05, 0.1) is 22.1 Å². The molecule has 2 atom stereocenters. The molecule has 41 heavy (non-hydrogen) atoms. The monoisotopic (exact) mass is 561 g/mol. The normalized spacial score (nSPS) is 19.6. The van der Waals surface area contributed by atoms with E-state index in [1.165, 1.54) is 0 Å². The number of hydrogen-bond donors (Lipinski definition) is 0. The predicted octanol–water partition coefficient (Wildman–Crippen LogP) is 5.59. The van der Waals surface area contributed by atoms with Crippen molar-refractivity contribution in [3.8, 4) is 17.0 Å². The average Bonchev–Trinajstić information content (AvgIpc) is 3.27. The zero-order valence-electron chi connectivity index (χ0n) is 25.1. The summed E-state index contributed by atoms with van der Waals surface area (Å²) in [5.74, 6) is 0.651. The van der Waals surface area contributed by atoms with Crippen molar-refractivity contribution in [3.63, 3.8) is 0 Å². The number of piperidine rings is 1. The number of hydrogen-bond acceptors (Lipinski definition) is 7. The van der Waals surface area contributed by atoms with Crippen LogP contribution in [0.2, 0.25) is 0 Å². The van der Waals surface area contributed by atoms with Crippen molar-refractivity contribution in [2.45, 2.75) is 78.1 Å². The van der Waals surface area contributed by atoms with Crippen LogP contribution in [0.3, 0.4) is 0 Å². The summed E-state index contributed by atoms with van der Waals surface area (Å²) in [4.78, 5) is 33.2. The van der Waals surface area contributed by atoms with E-state index >= 15 is 0 Å². The minimum atomic E-state index is -0.562. The third-order valence-electron chi connectivity index (χ3n) is 7.65. The van der Waals surface area contributed by atoms with Gasteiger partial charge in [0, 0.05) is 61.2 Å². The fourth-order valence-corrected chi connectivity index (χ4v) is 5.95. The quantitative estimate of drug-likeness (QED) is 0.293. The molecule has 1 aliphatic rings. The van der Waals surface area contributed by atoms with Crippen molar-refractivity contribution in [2.24, 2.45) is 7.05 Å². The number of carbonyl (C=O) groups excluding carboxylic acids is 1. The number of aromatic nitrogens is 4. The molecule has 0 bridgehead atoms. The van der Waals surface area contributed by atoms with Crippen molar-refractivity contribution < 1.29 is 19.0 Å². The predicted molar refractivity (Wildman–Crippen MR) is 158 cm³/mol. The Morgan fingerprint density at radius 1 is 1.12 bits per heavy atom.